The second-order valence-corrected chi connectivity index (χ2v) is 4.00. The predicted octanol–water partition coefficient (Wildman–Crippen LogP) is 2.79. The summed E-state index contributed by atoms with van der Waals surface area (Å²) in [5, 5.41) is 17.9. The number of fused-ring (bicyclic) bond motifs is 1. The highest BCUT2D eigenvalue weighted by Gasteiger charge is 2.11. The number of aromatic amines is 2. The predicted molar refractivity (Wildman–Crippen MR) is 65.6 cm³/mol. The lowest BCUT2D eigenvalue weighted by Gasteiger charge is -1.90. The van der Waals surface area contributed by atoms with Crippen LogP contribution in [-0.2, 0) is 0 Å². The van der Waals surface area contributed by atoms with E-state index in [0.29, 0.717) is 17.1 Å². The fourth-order valence-electron chi connectivity index (χ4n) is 1.69. The first-order valence-electron chi connectivity index (χ1n) is 4.96. The van der Waals surface area contributed by atoms with Crippen LogP contribution in [0.4, 0.5) is 5.69 Å². The number of H-pyrrole nitrogens is 2. The summed E-state index contributed by atoms with van der Waals surface area (Å²) in [5.41, 5.74) is 1.28. The molecule has 2 heterocycles. The molecular weight excluding hydrogens is 256 g/mol. The van der Waals surface area contributed by atoms with Crippen LogP contribution in [0.1, 0.15) is 0 Å². The minimum absolute atomic E-state index is 0.0267. The first kappa shape index (κ1) is 10.7. The molecule has 1 aromatic carbocycles. The second-order valence-electron chi connectivity index (χ2n) is 3.63. The molecule has 90 valence electrons. The molecule has 2 N–H and O–H groups in total. The van der Waals surface area contributed by atoms with Crippen LogP contribution in [0.2, 0.25) is 0 Å². The third kappa shape index (κ3) is 1.68. The summed E-state index contributed by atoms with van der Waals surface area (Å²) in [6, 6.07) is 6.35. The molecule has 0 aliphatic heterocycles. The summed E-state index contributed by atoms with van der Waals surface area (Å²) in [5.74, 6) is 0.318. The van der Waals surface area contributed by atoms with E-state index in [2.05, 4.69) is 15.2 Å². The Bertz CT molecular complexity index is 801. The van der Waals surface area contributed by atoms with Crippen molar-refractivity contribution >= 4 is 28.8 Å². The van der Waals surface area contributed by atoms with Gasteiger partial charge in [-0.15, -0.1) is 5.10 Å². The van der Waals surface area contributed by atoms with Gasteiger partial charge in [-0.1, -0.05) is 0 Å². The SMILES string of the molecule is O=[N+]([O-])c1ccc2cc(-c3n[nH]c(=S)o3)[nH]c2c1. The lowest BCUT2D eigenvalue weighted by molar-refractivity contribution is -0.384. The average Bonchev–Trinajstić information content (AvgIpc) is 2.93. The smallest absolute Gasteiger partial charge is 0.284 e. The first-order valence-corrected chi connectivity index (χ1v) is 5.37. The van der Waals surface area contributed by atoms with Gasteiger partial charge in [-0.05, 0) is 24.4 Å². The molecule has 0 amide bonds. The maximum absolute atomic E-state index is 10.7. The molecule has 3 aromatic rings. The molecule has 0 fully saturated rings. The van der Waals surface area contributed by atoms with Gasteiger partial charge >= 0.3 is 0 Å². The zero-order valence-corrected chi connectivity index (χ0v) is 9.65. The quantitative estimate of drug-likeness (QED) is 0.420. The Morgan fingerprint density at radius 2 is 2.22 bits per heavy atom. The molecular formula is C10H6N4O3S. The van der Waals surface area contributed by atoms with E-state index in [4.69, 9.17) is 16.6 Å². The van der Waals surface area contributed by atoms with E-state index in [-0.39, 0.29) is 10.5 Å². The molecule has 0 radical (unpaired) electrons. The van der Waals surface area contributed by atoms with Crippen molar-refractivity contribution in [1.29, 1.82) is 0 Å². The van der Waals surface area contributed by atoms with Gasteiger partial charge in [0.2, 0.25) is 0 Å². The van der Waals surface area contributed by atoms with Crippen molar-refractivity contribution in [2.75, 3.05) is 0 Å². The number of non-ortho nitro benzene ring substituents is 1. The van der Waals surface area contributed by atoms with Gasteiger partial charge in [-0.3, -0.25) is 10.1 Å². The summed E-state index contributed by atoms with van der Waals surface area (Å²) in [4.78, 5) is 13.4. The molecule has 0 bridgehead atoms. The van der Waals surface area contributed by atoms with Crippen molar-refractivity contribution in [2.24, 2.45) is 0 Å². The summed E-state index contributed by atoms with van der Waals surface area (Å²) in [7, 11) is 0. The Morgan fingerprint density at radius 1 is 1.39 bits per heavy atom. The summed E-state index contributed by atoms with van der Waals surface area (Å²) in [6.45, 7) is 0. The standard InChI is InChI=1S/C10H6N4O3S/c15-14(16)6-2-1-5-3-8(11-7(5)4-6)9-12-13-10(18)17-9/h1-4,11H,(H,13,18). The number of nitro benzene ring substituents is 1. The third-order valence-corrected chi connectivity index (χ3v) is 2.66. The van der Waals surface area contributed by atoms with Gasteiger partial charge in [0.15, 0.2) is 0 Å². The lowest BCUT2D eigenvalue weighted by atomic mass is 10.2. The Labute approximate surface area is 105 Å². The van der Waals surface area contributed by atoms with E-state index in [9.17, 15) is 10.1 Å². The number of rotatable bonds is 2. The molecule has 0 spiro atoms. The fraction of sp³-hybridized carbons (Fsp3) is 0. The Balaban J connectivity index is 2.16. The van der Waals surface area contributed by atoms with Crippen LogP contribution in [0.5, 0.6) is 0 Å². The second kappa shape index (κ2) is 3.77. The first-order chi connectivity index (χ1) is 8.63. The van der Waals surface area contributed by atoms with E-state index in [1.54, 1.807) is 12.1 Å². The molecule has 8 heteroatoms. The topological polar surface area (TPSA) is 101 Å². The van der Waals surface area contributed by atoms with Crippen molar-refractivity contribution in [1.82, 2.24) is 15.2 Å². The zero-order valence-electron chi connectivity index (χ0n) is 8.84. The van der Waals surface area contributed by atoms with E-state index in [0.717, 1.165) is 5.39 Å². The molecule has 2 aromatic heterocycles. The monoisotopic (exact) mass is 262 g/mol. The van der Waals surface area contributed by atoms with E-state index in [1.807, 2.05) is 0 Å². The van der Waals surface area contributed by atoms with Crippen molar-refractivity contribution in [3.05, 3.63) is 39.2 Å². The summed E-state index contributed by atoms with van der Waals surface area (Å²) >= 11 is 4.78. The Kier molecular flexibility index (Phi) is 2.23. The van der Waals surface area contributed by atoms with Crippen LogP contribution in [-0.4, -0.2) is 20.1 Å². The van der Waals surface area contributed by atoms with Crippen molar-refractivity contribution < 1.29 is 9.34 Å². The largest absolute Gasteiger partial charge is 0.408 e. The van der Waals surface area contributed by atoms with Gasteiger partial charge in [-0.25, -0.2) is 5.10 Å². The molecule has 0 saturated carbocycles. The van der Waals surface area contributed by atoms with Gasteiger partial charge < -0.3 is 9.40 Å². The van der Waals surface area contributed by atoms with Crippen LogP contribution >= 0.6 is 12.2 Å². The van der Waals surface area contributed by atoms with Crippen LogP contribution < -0.4 is 0 Å². The van der Waals surface area contributed by atoms with Gasteiger partial charge in [-0.2, -0.15) is 0 Å². The highest BCUT2D eigenvalue weighted by atomic mass is 32.1. The van der Waals surface area contributed by atoms with Crippen molar-refractivity contribution in [3.63, 3.8) is 0 Å². The molecule has 3 rings (SSSR count). The number of nitrogens with one attached hydrogen (secondary N) is 2. The van der Waals surface area contributed by atoms with Gasteiger partial charge in [0.1, 0.15) is 5.69 Å². The molecule has 0 atom stereocenters. The van der Waals surface area contributed by atoms with Crippen molar-refractivity contribution in [2.45, 2.75) is 0 Å². The van der Waals surface area contributed by atoms with E-state index >= 15 is 0 Å². The van der Waals surface area contributed by atoms with Crippen LogP contribution in [0.15, 0.2) is 28.7 Å². The number of hydrogen-bond donors (Lipinski definition) is 2. The summed E-state index contributed by atoms with van der Waals surface area (Å²) in [6.07, 6.45) is 0. The van der Waals surface area contributed by atoms with Crippen LogP contribution in [0.3, 0.4) is 0 Å². The number of benzene rings is 1. The highest BCUT2D eigenvalue weighted by Crippen LogP contribution is 2.25. The maximum atomic E-state index is 10.7. The minimum atomic E-state index is -0.444. The lowest BCUT2D eigenvalue weighted by Crippen LogP contribution is -1.86. The van der Waals surface area contributed by atoms with Crippen LogP contribution in [0, 0.1) is 15.0 Å². The molecule has 0 unspecified atom stereocenters. The molecule has 7 nitrogen and oxygen atoms in total. The molecule has 18 heavy (non-hydrogen) atoms. The third-order valence-electron chi connectivity index (χ3n) is 2.49. The van der Waals surface area contributed by atoms with E-state index in [1.165, 1.54) is 12.1 Å². The Morgan fingerprint density at radius 3 is 2.89 bits per heavy atom. The summed E-state index contributed by atoms with van der Waals surface area (Å²) < 4.78 is 5.16. The molecule has 0 aliphatic carbocycles. The van der Waals surface area contributed by atoms with Gasteiger partial charge in [0.25, 0.3) is 16.4 Å². The fourth-order valence-corrected chi connectivity index (χ4v) is 1.81. The van der Waals surface area contributed by atoms with Gasteiger partial charge in [0.05, 0.1) is 10.4 Å². The normalized spacial score (nSPS) is 10.9. The highest BCUT2D eigenvalue weighted by molar-refractivity contribution is 7.71. The number of nitrogens with zero attached hydrogens (tertiary/aromatic N) is 2. The maximum Gasteiger partial charge on any atom is 0.284 e. The van der Waals surface area contributed by atoms with Crippen molar-refractivity contribution in [3.8, 4) is 11.6 Å². The zero-order chi connectivity index (χ0) is 12.7. The number of aromatic nitrogens is 3. The number of nitro groups is 1. The molecule has 0 aliphatic rings. The van der Waals surface area contributed by atoms with E-state index < -0.39 is 4.92 Å². The minimum Gasteiger partial charge on any atom is -0.408 e. The Hall–Kier alpha value is -2.48. The van der Waals surface area contributed by atoms with Crippen LogP contribution in [0.25, 0.3) is 22.5 Å². The number of hydrogen-bond acceptors (Lipinski definition) is 5. The molecule has 0 saturated heterocycles. The average molecular weight is 262 g/mol. The van der Waals surface area contributed by atoms with Gasteiger partial charge in [0, 0.05) is 17.5 Å².